The normalized spacial score (nSPS) is 13.2. The Morgan fingerprint density at radius 2 is 1.66 bits per heavy atom. The van der Waals surface area contributed by atoms with Gasteiger partial charge in [0.25, 0.3) is 0 Å². The van der Waals surface area contributed by atoms with E-state index in [0.717, 1.165) is 37.4 Å². The summed E-state index contributed by atoms with van der Waals surface area (Å²) in [6, 6.07) is 12.3. The Bertz CT molecular complexity index is 1420. The maximum Gasteiger partial charge on any atom is 0.461 e. The molecule has 14 heteroatoms. The fraction of sp³-hybridized carbons (Fsp3) is 0.259. The van der Waals surface area contributed by atoms with Gasteiger partial charge in [-0.3, -0.25) is 0 Å². The van der Waals surface area contributed by atoms with Gasteiger partial charge in [-0.05, 0) is 41.0 Å². The Hall–Kier alpha value is -4.54. The van der Waals surface area contributed by atoms with Crippen LogP contribution in [0, 0.1) is 23.0 Å². The quantitative estimate of drug-likeness (QED) is 0.264. The van der Waals surface area contributed by atoms with Gasteiger partial charge in [-0.25, -0.2) is 13.6 Å². The van der Waals surface area contributed by atoms with Crippen LogP contribution in [0.4, 0.5) is 39.9 Å². The number of urea groups is 1. The number of nitrogens with zero attached hydrogens (tertiary/aromatic N) is 1. The maximum atomic E-state index is 14.8. The lowest BCUT2D eigenvalue weighted by molar-refractivity contribution is -0.253. The van der Waals surface area contributed by atoms with E-state index in [-0.39, 0.29) is 23.3 Å². The van der Waals surface area contributed by atoms with Crippen LogP contribution in [0.15, 0.2) is 66.7 Å². The van der Waals surface area contributed by atoms with Crippen molar-refractivity contribution >= 4 is 6.03 Å². The SMILES string of the molecule is COc1cc(C(Cc2ccccc2)(NC(=O)NCC(F)(F)C#N)c2cc(F)cc(OC(F)(F)C(F)F)c2)ccc1F. The minimum absolute atomic E-state index is 0.0565. The van der Waals surface area contributed by atoms with Crippen molar-refractivity contribution in [2.45, 2.75) is 30.4 Å². The molecule has 2 amide bonds. The molecule has 1 atom stereocenters. The Balaban J connectivity index is 2.28. The van der Waals surface area contributed by atoms with E-state index in [9.17, 15) is 39.9 Å². The third kappa shape index (κ3) is 7.56. The monoisotopic (exact) mass is 587 g/mol. The molecule has 2 N–H and O–H groups in total. The number of methoxy groups -OCH3 is 1. The van der Waals surface area contributed by atoms with E-state index < -0.39 is 54.0 Å². The molecule has 1 unspecified atom stereocenters. The fourth-order valence-electron chi connectivity index (χ4n) is 3.93. The Kier molecular flexibility index (Phi) is 9.31. The Labute approximate surface area is 228 Å². The van der Waals surface area contributed by atoms with E-state index >= 15 is 0 Å². The van der Waals surface area contributed by atoms with Crippen molar-refractivity contribution in [3.63, 3.8) is 0 Å². The van der Waals surface area contributed by atoms with Crippen LogP contribution in [0.1, 0.15) is 16.7 Å². The van der Waals surface area contributed by atoms with Crippen molar-refractivity contribution < 1.29 is 49.4 Å². The topological polar surface area (TPSA) is 83.4 Å². The maximum absolute atomic E-state index is 14.8. The first-order valence-electron chi connectivity index (χ1n) is 11.6. The van der Waals surface area contributed by atoms with Gasteiger partial charge in [0.2, 0.25) is 0 Å². The summed E-state index contributed by atoms with van der Waals surface area (Å²) in [5, 5.41) is 12.8. The van der Waals surface area contributed by atoms with Crippen LogP contribution < -0.4 is 20.1 Å². The summed E-state index contributed by atoms with van der Waals surface area (Å²) in [6.45, 7) is -1.44. The van der Waals surface area contributed by atoms with E-state index in [0.29, 0.717) is 17.7 Å². The third-order valence-electron chi connectivity index (χ3n) is 5.79. The molecule has 218 valence electrons. The van der Waals surface area contributed by atoms with Crippen molar-refractivity contribution in [3.8, 4) is 17.6 Å². The first kappa shape index (κ1) is 31.0. The number of alkyl halides is 6. The molecule has 3 rings (SSSR count). The summed E-state index contributed by atoms with van der Waals surface area (Å²) in [5.74, 6) is -7.51. The number of ether oxygens (including phenoxy) is 2. The van der Waals surface area contributed by atoms with Crippen molar-refractivity contribution in [1.82, 2.24) is 10.6 Å². The zero-order valence-corrected chi connectivity index (χ0v) is 21.0. The fourth-order valence-corrected chi connectivity index (χ4v) is 3.93. The van der Waals surface area contributed by atoms with Crippen LogP contribution in [0.5, 0.6) is 11.5 Å². The molecular formula is C27H21F8N3O3. The van der Waals surface area contributed by atoms with Gasteiger partial charge < -0.3 is 20.1 Å². The molecule has 0 aromatic heterocycles. The number of nitrogens with one attached hydrogen (secondary N) is 2. The van der Waals surface area contributed by atoms with Crippen molar-refractivity contribution in [3.05, 3.63) is 95.1 Å². The number of carbonyl (C=O) groups excluding carboxylic acids is 1. The smallest absolute Gasteiger partial charge is 0.461 e. The number of rotatable bonds is 11. The summed E-state index contributed by atoms with van der Waals surface area (Å²) in [6.07, 6.45) is -9.64. The van der Waals surface area contributed by atoms with E-state index in [2.05, 4.69) is 10.1 Å². The molecule has 6 nitrogen and oxygen atoms in total. The lowest BCUT2D eigenvalue weighted by Gasteiger charge is -2.37. The number of halogens is 8. The summed E-state index contributed by atoms with van der Waals surface area (Å²) < 4.78 is 118. The van der Waals surface area contributed by atoms with Crippen molar-refractivity contribution in [1.29, 1.82) is 5.26 Å². The third-order valence-corrected chi connectivity index (χ3v) is 5.79. The van der Waals surface area contributed by atoms with Gasteiger partial charge in [-0.1, -0.05) is 36.4 Å². The number of benzene rings is 3. The van der Waals surface area contributed by atoms with Crippen LogP contribution in [-0.4, -0.2) is 38.1 Å². The number of hydrogen-bond donors (Lipinski definition) is 2. The van der Waals surface area contributed by atoms with Crippen LogP contribution in [0.2, 0.25) is 0 Å². The predicted octanol–water partition coefficient (Wildman–Crippen LogP) is 6.15. The van der Waals surface area contributed by atoms with Crippen molar-refractivity contribution in [2.24, 2.45) is 0 Å². The molecule has 0 saturated carbocycles. The summed E-state index contributed by atoms with van der Waals surface area (Å²) in [5.41, 5.74) is -2.09. The largest absolute Gasteiger partial charge is 0.494 e. The summed E-state index contributed by atoms with van der Waals surface area (Å²) in [7, 11) is 1.12. The Morgan fingerprint density at radius 1 is 0.976 bits per heavy atom. The molecule has 0 bridgehead atoms. The first-order chi connectivity index (χ1) is 19.2. The number of hydrogen-bond acceptors (Lipinski definition) is 4. The van der Waals surface area contributed by atoms with E-state index in [1.54, 1.807) is 35.6 Å². The highest BCUT2D eigenvalue weighted by Gasteiger charge is 2.45. The van der Waals surface area contributed by atoms with Crippen molar-refractivity contribution in [2.75, 3.05) is 13.7 Å². The first-order valence-corrected chi connectivity index (χ1v) is 11.6. The minimum atomic E-state index is -5.03. The predicted molar refractivity (Wildman–Crippen MR) is 129 cm³/mol. The number of nitriles is 1. The van der Waals surface area contributed by atoms with Gasteiger partial charge >= 0.3 is 24.5 Å². The second kappa shape index (κ2) is 12.3. The van der Waals surface area contributed by atoms with Gasteiger partial charge in [0.1, 0.15) is 17.6 Å². The lowest BCUT2D eigenvalue weighted by Crippen LogP contribution is -2.53. The summed E-state index contributed by atoms with van der Waals surface area (Å²) in [4.78, 5) is 13.0. The molecular weight excluding hydrogens is 566 g/mol. The molecule has 0 fully saturated rings. The molecule has 0 saturated heterocycles. The van der Waals surface area contributed by atoms with E-state index in [1.807, 2.05) is 0 Å². The number of amides is 2. The molecule has 3 aromatic carbocycles. The minimum Gasteiger partial charge on any atom is -0.494 e. The molecule has 0 aliphatic rings. The second-order valence-corrected chi connectivity index (χ2v) is 8.68. The summed E-state index contributed by atoms with van der Waals surface area (Å²) >= 11 is 0. The van der Waals surface area contributed by atoms with Crippen LogP contribution in [-0.2, 0) is 12.0 Å². The van der Waals surface area contributed by atoms with Gasteiger partial charge in [0, 0.05) is 12.5 Å². The lowest BCUT2D eigenvalue weighted by atomic mass is 9.77. The van der Waals surface area contributed by atoms with Gasteiger partial charge in [-0.15, -0.1) is 0 Å². The van der Waals surface area contributed by atoms with Gasteiger partial charge in [-0.2, -0.15) is 31.6 Å². The zero-order valence-electron chi connectivity index (χ0n) is 21.0. The van der Waals surface area contributed by atoms with Crippen LogP contribution >= 0.6 is 0 Å². The highest BCUT2D eigenvalue weighted by Crippen LogP contribution is 2.39. The highest BCUT2D eigenvalue weighted by molar-refractivity contribution is 5.76. The standard InChI is InChI=1S/C27H21F8N3O3/c1-40-22-11-17(7-8-21(22)29)26(13-16-5-3-2-4-6-16,38-24(39)37-15-25(32,33)14-36)18-9-19(28)12-20(10-18)41-27(34,35)23(30)31/h2-12,23H,13,15H2,1H3,(H2,37,38,39). The molecule has 0 radical (unpaired) electrons. The second-order valence-electron chi connectivity index (χ2n) is 8.68. The zero-order chi connectivity index (χ0) is 30.4. The van der Waals surface area contributed by atoms with Gasteiger partial charge in [0.05, 0.1) is 19.2 Å². The van der Waals surface area contributed by atoms with Crippen LogP contribution in [0.25, 0.3) is 0 Å². The van der Waals surface area contributed by atoms with Crippen LogP contribution in [0.3, 0.4) is 0 Å². The number of carbonyl (C=O) groups is 1. The average molecular weight is 587 g/mol. The molecule has 0 aliphatic heterocycles. The average Bonchev–Trinajstić information content (AvgIpc) is 2.91. The van der Waals surface area contributed by atoms with Gasteiger partial charge in [0.15, 0.2) is 11.6 Å². The highest BCUT2D eigenvalue weighted by atomic mass is 19.3. The van der Waals surface area contributed by atoms with E-state index in [4.69, 9.17) is 10.00 Å². The molecule has 0 heterocycles. The molecule has 41 heavy (non-hydrogen) atoms. The molecule has 0 spiro atoms. The molecule has 3 aromatic rings. The van der Waals surface area contributed by atoms with E-state index in [1.165, 1.54) is 0 Å². The Morgan fingerprint density at radius 3 is 2.27 bits per heavy atom. The molecule has 0 aliphatic carbocycles.